The fourth-order valence-corrected chi connectivity index (χ4v) is 2.32. The number of hydrogen-bond acceptors (Lipinski definition) is 0. The van der Waals surface area contributed by atoms with E-state index in [0.717, 1.165) is 5.33 Å². The van der Waals surface area contributed by atoms with Crippen LogP contribution in [-0.2, 0) is 6.42 Å². The van der Waals surface area contributed by atoms with Gasteiger partial charge >= 0.3 is 0 Å². The molecule has 0 aliphatic heterocycles. The van der Waals surface area contributed by atoms with Crippen LogP contribution >= 0.6 is 15.9 Å². The molecule has 0 radical (unpaired) electrons. The van der Waals surface area contributed by atoms with Crippen molar-refractivity contribution in [2.24, 2.45) is 0 Å². The summed E-state index contributed by atoms with van der Waals surface area (Å²) >= 11 is 3.48. The molecule has 0 nitrogen and oxygen atoms in total. The van der Waals surface area contributed by atoms with Gasteiger partial charge in [-0.25, -0.2) is 0 Å². The van der Waals surface area contributed by atoms with Gasteiger partial charge in [-0.3, -0.25) is 0 Å². The first-order valence-corrected chi connectivity index (χ1v) is 5.85. The molecule has 1 aliphatic carbocycles. The van der Waals surface area contributed by atoms with Crippen molar-refractivity contribution in [3.63, 3.8) is 0 Å². The van der Waals surface area contributed by atoms with Gasteiger partial charge in [0.05, 0.1) is 0 Å². The molecule has 1 aromatic rings. The van der Waals surface area contributed by atoms with Crippen molar-refractivity contribution in [1.82, 2.24) is 0 Å². The molecule has 1 aromatic carbocycles. The Labute approximate surface area is 87.8 Å². The topological polar surface area (TPSA) is 0 Å². The highest BCUT2D eigenvalue weighted by atomic mass is 79.9. The Bertz CT molecular complexity index is 326. The van der Waals surface area contributed by atoms with Crippen LogP contribution in [0.3, 0.4) is 0 Å². The Kier molecular flexibility index (Phi) is 2.84. The third-order valence-electron chi connectivity index (χ3n) is 2.55. The fourth-order valence-electron chi connectivity index (χ4n) is 1.81. The van der Waals surface area contributed by atoms with E-state index in [0.29, 0.717) is 0 Å². The number of halogens is 1. The normalized spacial score (nSPS) is 15.0. The van der Waals surface area contributed by atoms with Crippen LogP contribution < -0.4 is 0 Å². The SMILES string of the molecule is BrCCC1=Cc2ccccc2CC1. The molecule has 0 N–H and O–H groups in total. The maximum absolute atomic E-state index is 3.48. The summed E-state index contributed by atoms with van der Waals surface area (Å²) in [4.78, 5) is 0. The monoisotopic (exact) mass is 236 g/mol. The molecule has 0 fully saturated rings. The summed E-state index contributed by atoms with van der Waals surface area (Å²) in [5.41, 5.74) is 4.50. The molecule has 13 heavy (non-hydrogen) atoms. The van der Waals surface area contributed by atoms with Gasteiger partial charge in [-0.1, -0.05) is 51.8 Å². The van der Waals surface area contributed by atoms with Crippen LogP contribution in [0.15, 0.2) is 29.8 Å². The van der Waals surface area contributed by atoms with E-state index in [9.17, 15) is 0 Å². The number of alkyl halides is 1. The summed E-state index contributed by atoms with van der Waals surface area (Å²) in [6, 6.07) is 8.69. The highest BCUT2D eigenvalue weighted by Crippen LogP contribution is 2.25. The molecule has 0 amide bonds. The second-order valence-corrected chi connectivity index (χ2v) is 4.23. The molecule has 0 spiro atoms. The lowest BCUT2D eigenvalue weighted by Gasteiger charge is -2.15. The third-order valence-corrected chi connectivity index (χ3v) is 2.94. The molecule has 1 heteroatoms. The van der Waals surface area contributed by atoms with Crippen LogP contribution in [0.5, 0.6) is 0 Å². The number of fused-ring (bicyclic) bond motifs is 1. The smallest absolute Gasteiger partial charge is 0.00686 e. The summed E-state index contributed by atoms with van der Waals surface area (Å²) < 4.78 is 0. The minimum Gasteiger partial charge on any atom is -0.0925 e. The second-order valence-electron chi connectivity index (χ2n) is 3.44. The molecule has 0 unspecified atom stereocenters. The van der Waals surface area contributed by atoms with E-state index in [1.165, 1.54) is 30.4 Å². The first kappa shape index (κ1) is 9.01. The zero-order chi connectivity index (χ0) is 9.10. The van der Waals surface area contributed by atoms with Crippen LogP contribution in [-0.4, -0.2) is 5.33 Å². The van der Waals surface area contributed by atoms with E-state index >= 15 is 0 Å². The molecule has 0 aromatic heterocycles. The summed E-state index contributed by atoms with van der Waals surface area (Å²) in [5.74, 6) is 0. The quantitative estimate of drug-likeness (QED) is 0.686. The van der Waals surface area contributed by atoms with Gasteiger partial charge < -0.3 is 0 Å². The Morgan fingerprint density at radius 3 is 2.85 bits per heavy atom. The van der Waals surface area contributed by atoms with Crippen LogP contribution in [0.25, 0.3) is 6.08 Å². The van der Waals surface area contributed by atoms with E-state index in [-0.39, 0.29) is 0 Å². The molecule has 0 bridgehead atoms. The Balaban J connectivity index is 2.28. The third kappa shape index (κ3) is 2.02. The van der Waals surface area contributed by atoms with Gasteiger partial charge in [0, 0.05) is 5.33 Å². The number of allylic oxidation sites excluding steroid dienone is 1. The Hall–Kier alpha value is -0.560. The second kappa shape index (κ2) is 4.10. The Morgan fingerprint density at radius 2 is 2.00 bits per heavy atom. The van der Waals surface area contributed by atoms with E-state index in [2.05, 4.69) is 46.3 Å². The van der Waals surface area contributed by atoms with Crippen molar-refractivity contribution in [1.29, 1.82) is 0 Å². The molecule has 0 atom stereocenters. The van der Waals surface area contributed by atoms with Crippen molar-refractivity contribution in [2.45, 2.75) is 19.3 Å². The number of benzene rings is 1. The summed E-state index contributed by atoms with van der Waals surface area (Å²) in [6.45, 7) is 0. The molecular weight excluding hydrogens is 224 g/mol. The van der Waals surface area contributed by atoms with Crippen molar-refractivity contribution in [2.75, 3.05) is 5.33 Å². The van der Waals surface area contributed by atoms with Crippen LogP contribution in [0, 0.1) is 0 Å². The predicted molar refractivity (Wildman–Crippen MR) is 61.2 cm³/mol. The van der Waals surface area contributed by atoms with Crippen molar-refractivity contribution in [3.05, 3.63) is 41.0 Å². The van der Waals surface area contributed by atoms with Gasteiger partial charge in [0.1, 0.15) is 0 Å². The molecule has 0 saturated heterocycles. The first-order chi connectivity index (χ1) is 6.40. The lowest BCUT2D eigenvalue weighted by Crippen LogP contribution is -1.99. The summed E-state index contributed by atoms with van der Waals surface area (Å²) in [5, 5.41) is 1.08. The average molecular weight is 237 g/mol. The molecule has 0 saturated carbocycles. The van der Waals surface area contributed by atoms with Crippen molar-refractivity contribution in [3.8, 4) is 0 Å². The van der Waals surface area contributed by atoms with E-state index in [1.54, 1.807) is 5.57 Å². The summed E-state index contributed by atoms with van der Waals surface area (Å²) in [7, 11) is 0. The maximum atomic E-state index is 3.48. The predicted octanol–water partition coefficient (Wildman–Crippen LogP) is 3.80. The van der Waals surface area contributed by atoms with Crippen molar-refractivity contribution < 1.29 is 0 Å². The van der Waals surface area contributed by atoms with Gasteiger partial charge in [-0.2, -0.15) is 0 Å². The molecular formula is C12H13Br. The number of aryl methyl sites for hydroxylation is 1. The average Bonchev–Trinajstić information content (AvgIpc) is 2.18. The standard InChI is InChI=1S/C12H13Br/c13-8-7-10-5-6-11-3-1-2-4-12(11)9-10/h1-4,9H,5-8H2. The minimum absolute atomic E-state index is 1.08. The van der Waals surface area contributed by atoms with Crippen LogP contribution in [0.2, 0.25) is 0 Å². The molecule has 0 heterocycles. The highest BCUT2D eigenvalue weighted by molar-refractivity contribution is 9.09. The molecule has 68 valence electrons. The highest BCUT2D eigenvalue weighted by Gasteiger charge is 2.08. The summed E-state index contributed by atoms with van der Waals surface area (Å²) in [6.07, 6.45) is 5.99. The van der Waals surface area contributed by atoms with Crippen molar-refractivity contribution >= 4 is 22.0 Å². The van der Waals surface area contributed by atoms with Gasteiger partial charge in [0.15, 0.2) is 0 Å². The van der Waals surface area contributed by atoms with E-state index in [1.807, 2.05) is 0 Å². The lowest BCUT2D eigenvalue weighted by atomic mass is 9.91. The van der Waals surface area contributed by atoms with E-state index in [4.69, 9.17) is 0 Å². The number of rotatable bonds is 2. The largest absolute Gasteiger partial charge is 0.0925 e. The maximum Gasteiger partial charge on any atom is 0.00686 e. The van der Waals surface area contributed by atoms with E-state index < -0.39 is 0 Å². The van der Waals surface area contributed by atoms with Gasteiger partial charge in [0.2, 0.25) is 0 Å². The molecule has 1 aliphatic rings. The molecule has 2 rings (SSSR count). The number of hydrogen-bond donors (Lipinski definition) is 0. The zero-order valence-corrected chi connectivity index (χ0v) is 9.18. The van der Waals surface area contributed by atoms with Gasteiger partial charge in [0.25, 0.3) is 0 Å². The first-order valence-electron chi connectivity index (χ1n) is 4.73. The van der Waals surface area contributed by atoms with Gasteiger partial charge in [-0.15, -0.1) is 0 Å². The van der Waals surface area contributed by atoms with Gasteiger partial charge in [-0.05, 0) is 30.4 Å². The zero-order valence-electron chi connectivity index (χ0n) is 7.59. The lowest BCUT2D eigenvalue weighted by molar-refractivity contribution is 0.881. The van der Waals surface area contributed by atoms with Crippen LogP contribution in [0.4, 0.5) is 0 Å². The minimum atomic E-state index is 1.08. The fraction of sp³-hybridized carbons (Fsp3) is 0.333. The van der Waals surface area contributed by atoms with Crippen LogP contribution in [0.1, 0.15) is 24.0 Å². The Morgan fingerprint density at radius 1 is 1.15 bits per heavy atom.